The van der Waals surface area contributed by atoms with Gasteiger partial charge in [0.25, 0.3) is 0 Å². The van der Waals surface area contributed by atoms with E-state index in [1.54, 1.807) is 9.80 Å². The number of amides is 3. The van der Waals surface area contributed by atoms with Crippen LogP contribution in [0.4, 0.5) is 5.69 Å². The smallest absolute Gasteiger partial charge is 0.242 e. The molecular formula is C20H24N6O3. The number of hydrogen-bond donors (Lipinski definition) is 1. The molecule has 2 aromatic rings. The van der Waals surface area contributed by atoms with Crippen molar-refractivity contribution in [3.63, 3.8) is 0 Å². The highest BCUT2D eigenvalue weighted by atomic mass is 16.2. The van der Waals surface area contributed by atoms with Gasteiger partial charge in [-0.15, -0.1) is 10.2 Å². The predicted octanol–water partition coefficient (Wildman–Crippen LogP) is 0.948. The molecule has 9 nitrogen and oxygen atoms in total. The van der Waals surface area contributed by atoms with E-state index in [2.05, 4.69) is 15.6 Å². The molecule has 2 fully saturated rings. The maximum absolute atomic E-state index is 12.9. The number of nitrogens with one attached hydrogen (secondary N) is 1. The Balaban J connectivity index is 1.31. The van der Waals surface area contributed by atoms with Crippen LogP contribution in [0.15, 0.2) is 36.9 Å². The van der Waals surface area contributed by atoms with E-state index < -0.39 is 0 Å². The van der Waals surface area contributed by atoms with Gasteiger partial charge in [0.05, 0.1) is 5.92 Å². The molecule has 2 saturated heterocycles. The Labute approximate surface area is 168 Å². The zero-order chi connectivity index (χ0) is 20.4. The number of piperidine rings is 1. The molecular weight excluding hydrogens is 372 g/mol. The second kappa shape index (κ2) is 8.02. The van der Waals surface area contributed by atoms with Crippen molar-refractivity contribution < 1.29 is 14.4 Å². The summed E-state index contributed by atoms with van der Waals surface area (Å²) in [5.41, 5.74) is 4.68. The van der Waals surface area contributed by atoms with Crippen LogP contribution in [0.2, 0.25) is 0 Å². The van der Waals surface area contributed by atoms with Gasteiger partial charge in [-0.2, -0.15) is 0 Å². The van der Waals surface area contributed by atoms with E-state index in [1.807, 2.05) is 31.2 Å². The van der Waals surface area contributed by atoms with Crippen molar-refractivity contribution in [1.29, 1.82) is 0 Å². The van der Waals surface area contributed by atoms with Crippen LogP contribution in [-0.4, -0.2) is 57.1 Å². The first kappa shape index (κ1) is 19.1. The van der Waals surface area contributed by atoms with Crippen LogP contribution >= 0.6 is 0 Å². The SMILES string of the molecule is Cc1ccc(N2CC(C(=O)N3CCC(C(=O)Nn4cnnc4)CC3)CC2=O)cc1. The largest absolute Gasteiger partial charge is 0.342 e. The van der Waals surface area contributed by atoms with Gasteiger partial charge in [0, 0.05) is 37.7 Å². The van der Waals surface area contributed by atoms with Gasteiger partial charge in [0.2, 0.25) is 17.7 Å². The molecule has 0 aliphatic carbocycles. The van der Waals surface area contributed by atoms with Gasteiger partial charge >= 0.3 is 0 Å². The Morgan fingerprint density at radius 2 is 1.69 bits per heavy atom. The lowest BCUT2D eigenvalue weighted by Gasteiger charge is -2.32. The summed E-state index contributed by atoms with van der Waals surface area (Å²) in [5.74, 6) is -0.596. The molecule has 1 N–H and O–H groups in total. The second-order valence-electron chi connectivity index (χ2n) is 7.69. The molecule has 152 valence electrons. The monoisotopic (exact) mass is 396 g/mol. The predicted molar refractivity (Wildman–Crippen MR) is 105 cm³/mol. The average Bonchev–Trinajstić information content (AvgIpc) is 3.38. The van der Waals surface area contributed by atoms with Gasteiger partial charge in [-0.3, -0.25) is 19.8 Å². The number of rotatable bonds is 4. The Morgan fingerprint density at radius 1 is 1.03 bits per heavy atom. The zero-order valence-corrected chi connectivity index (χ0v) is 16.3. The van der Waals surface area contributed by atoms with E-state index in [0.29, 0.717) is 32.5 Å². The first-order chi connectivity index (χ1) is 14.0. The number of likely N-dealkylation sites (tertiary alicyclic amines) is 1. The molecule has 2 aliphatic heterocycles. The van der Waals surface area contributed by atoms with Gasteiger partial charge in [-0.05, 0) is 31.9 Å². The van der Waals surface area contributed by atoms with Crippen LogP contribution in [0.3, 0.4) is 0 Å². The second-order valence-corrected chi connectivity index (χ2v) is 7.69. The third-order valence-electron chi connectivity index (χ3n) is 5.66. The molecule has 29 heavy (non-hydrogen) atoms. The van der Waals surface area contributed by atoms with E-state index >= 15 is 0 Å². The minimum Gasteiger partial charge on any atom is -0.342 e. The first-order valence-corrected chi connectivity index (χ1v) is 9.82. The maximum atomic E-state index is 12.9. The quantitative estimate of drug-likeness (QED) is 0.829. The molecule has 1 aromatic heterocycles. The lowest BCUT2D eigenvalue weighted by molar-refractivity contribution is -0.138. The van der Waals surface area contributed by atoms with Crippen molar-refractivity contribution in [2.45, 2.75) is 26.2 Å². The Kier molecular flexibility index (Phi) is 5.28. The standard InChI is InChI=1S/C20H24N6O3/c1-14-2-4-17(5-3-14)26-11-16(10-18(26)27)20(29)24-8-6-15(7-9-24)19(28)23-25-12-21-22-13-25/h2-5,12-13,15-16H,6-11H2,1H3,(H,23,28). The normalized spacial score (nSPS) is 20.2. The zero-order valence-electron chi connectivity index (χ0n) is 16.3. The highest BCUT2D eigenvalue weighted by Gasteiger charge is 2.38. The molecule has 0 saturated carbocycles. The van der Waals surface area contributed by atoms with Crippen LogP contribution in [-0.2, 0) is 14.4 Å². The van der Waals surface area contributed by atoms with Crippen molar-refractivity contribution in [3.05, 3.63) is 42.5 Å². The number of nitrogens with zero attached hydrogens (tertiary/aromatic N) is 5. The molecule has 3 amide bonds. The first-order valence-electron chi connectivity index (χ1n) is 9.82. The summed E-state index contributed by atoms with van der Waals surface area (Å²) in [7, 11) is 0. The van der Waals surface area contributed by atoms with Crippen LogP contribution in [0, 0.1) is 18.8 Å². The van der Waals surface area contributed by atoms with Crippen molar-refractivity contribution in [1.82, 2.24) is 19.8 Å². The number of carbonyl (C=O) groups is 3. The minimum absolute atomic E-state index is 0.00521. The molecule has 2 aliphatic rings. The number of aromatic nitrogens is 3. The van der Waals surface area contributed by atoms with Crippen LogP contribution in [0.1, 0.15) is 24.8 Å². The summed E-state index contributed by atoms with van der Waals surface area (Å²) in [6, 6.07) is 7.76. The van der Waals surface area contributed by atoms with Crippen molar-refractivity contribution in [3.8, 4) is 0 Å². The number of benzene rings is 1. The van der Waals surface area contributed by atoms with Crippen molar-refractivity contribution in [2.75, 3.05) is 30.0 Å². The van der Waals surface area contributed by atoms with Crippen molar-refractivity contribution >= 4 is 23.4 Å². The van der Waals surface area contributed by atoms with Gasteiger partial charge in [-0.1, -0.05) is 17.7 Å². The number of hydrogen-bond acceptors (Lipinski definition) is 5. The number of anilines is 1. The fourth-order valence-electron chi connectivity index (χ4n) is 3.94. The number of aryl methyl sites for hydroxylation is 1. The van der Waals surface area contributed by atoms with E-state index in [0.717, 1.165) is 11.3 Å². The van der Waals surface area contributed by atoms with Crippen LogP contribution < -0.4 is 10.3 Å². The molecule has 0 spiro atoms. The molecule has 1 atom stereocenters. The summed E-state index contributed by atoms with van der Waals surface area (Å²) in [6.07, 6.45) is 4.28. The molecule has 1 unspecified atom stereocenters. The third-order valence-corrected chi connectivity index (χ3v) is 5.66. The third kappa shape index (κ3) is 4.13. The fourth-order valence-corrected chi connectivity index (χ4v) is 3.94. The van der Waals surface area contributed by atoms with Gasteiger partial charge in [0.15, 0.2) is 0 Å². The average molecular weight is 396 g/mol. The maximum Gasteiger partial charge on any atom is 0.242 e. The fraction of sp³-hybridized carbons (Fsp3) is 0.450. The summed E-state index contributed by atoms with van der Waals surface area (Å²) < 4.78 is 1.42. The summed E-state index contributed by atoms with van der Waals surface area (Å²) in [5, 5.41) is 7.30. The highest BCUT2D eigenvalue weighted by molar-refractivity contribution is 6.00. The topological polar surface area (TPSA) is 100 Å². The van der Waals surface area contributed by atoms with E-state index in [4.69, 9.17) is 0 Å². The number of carbonyl (C=O) groups excluding carboxylic acids is 3. The lowest BCUT2D eigenvalue weighted by atomic mass is 9.95. The summed E-state index contributed by atoms with van der Waals surface area (Å²) in [4.78, 5) is 41.2. The molecule has 9 heteroatoms. The van der Waals surface area contributed by atoms with Crippen LogP contribution in [0.25, 0.3) is 0 Å². The summed E-state index contributed by atoms with van der Waals surface area (Å²) in [6.45, 7) is 3.45. The minimum atomic E-state index is -0.328. The van der Waals surface area contributed by atoms with Gasteiger partial charge in [0.1, 0.15) is 12.7 Å². The summed E-state index contributed by atoms with van der Waals surface area (Å²) >= 11 is 0. The van der Waals surface area contributed by atoms with E-state index in [-0.39, 0.29) is 36.0 Å². The Bertz CT molecular complexity index is 887. The van der Waals surface area contributed by atoms with Gasteiger partial charge in [-0.25, -0.2) is 4.68 Å². The highest BCUT2D eigenvalue weighted by Crippen LogP contribution is 2.28. The molecule has 0 radical (unpaired) electrons. The molecule has 1 aromatic carbocycles. The Morgan fingerprint density at radius 3 is 2.34 bits per heavy atom. The van der Waals surface area contributed by atoms with E-state index in [1.165, 1.54) is 17.3 Å². The van der Waals surface area contributed by atoms with E-state index in [9.17, 15) is 14.4 Å². The molecule has 4 rings (SSSR count). The molecule has 0 bridgehead atoms. The van der Waals surface area contributed by atoms with Crippen LogP contribution in [0.5, 0.6) is 0 Å². The Hall–Kier alpha value is -3.23. The molecule has 3 heterocycles. The lowest BCUT2D eigenvalue weighted by Crippen LogP contribution is -2.45. The van der Waals surface area contributed by atoms with Crippen molar-refractivity contribution in [2.24, 2.45) is 11.8 Å². The van der Waals surface area contributed by atoms with Gasteiger partial charge < -0.3 is 9.80 Å².